The van der Waals surface area contributed by atoms with Crippen molar-refractivity contribution in [3.05, 3.63) is 39.8 Å². The third-order valence-electron chi connectivity index (χ3n) is 6.39. The Morgan fingerprint density at radius 3 is 2.39 bits per heavy atom. The van der Waals surface area contributed by atoms with E-state index in [1.54, 1.807) is 0 Å². The number of nitrogens with two attached hydrogens (primary N) is 2. The lowest BCUT2D eigenvalue weighted by molar-refractivity contribution is -0.139. The number of aromatic hydroxyl groups is 2. The summed E-state index contributed by atoms with van der Waals surface area (Å²) in [6, 6.07) is -1.14. The van der Waals surface area contributed by atoms with Gasteiger partial charge < -0.3 is 36.8 Å². The number of aliphatic imine (C=N–C) groups is 1. The van der Waals surface area contributed by atoms with Crippen LogP contribution in [0.3, 0.4) is 0 Å². The van der Waals surface area contributed by atoms with Crippen molar-refractivity contribution in [3.63, 3.8) is 0 Å². The number of ether oxygens (including phenoxy) is 1. The monoisotopic (exact) mass is 500 g/mol. The first kappa shape index (κ1) is 26.3. The number of carboxylic acids is 1. The molecule has 0 bridgehead atoms. The fourth-order valence-electron chi connectivity index (χ4n) is 4.46. The van der Waals surface area contributed by atoms with Gasteiger partial charge in [0.1, 0.15) is 40.0 Å². The average molecular weight is 501 g/mol. The van der Waals surface area contributed by atoms with Crippen LogP contribution < -0.4 is 21.5 Å². The highest BCUT2D eigenvalue weighted by molar-refractivity contribution is 6.31. The lowest BCUT2D eigenvalue weighted by Gasteiger charge is -2.29. The number of phenolic OH excluding ortho intramolecular Hbond substituents is 2. The van der Waals surface area contributed by atoms with Crippen molar-refractivity contribution < 1.29 is 39.2 Å². The molecule has 3 rings (SSSR count). The van der Waals surface area contributed by atoms with Crippen molar-refractivity contribution >= 4 is 29.3 Å². The van der Waals surface area contributed by atoms with Gasteiger partial charge in [0.2, 0.25) is 0 Å². The second kappa shape index (κ2) is 9.36. The second-order valence-electron chi connectivity index (χ2n) is 8.87. The van der Waals surface area contributed by atoms with Gasteiger partial charge in [-0.1, -0.05) is 0 Å². The summed E-state index contributed by atoms with van der Waals surface area (Å²) in [4.78, 5) is 54.6. The average Bonchev–Trinajstić information content (AvgIpc) is 3.06. The zero-order chi connectivity index (χ0) is 27.1. The van der Waals surface area contributed by atoms with Crippen molar-refractivity contribution in [2.75, 3.05) is 6.54 Å². The van der Waals surface area contributed by atoms with E-state index in [1.807, 2.05) is 0 Å². The van der Waals surface area contributed by atoms with E-state index in [4.69, 9.17) is 16.2 Å². The van der Waals surface area contributed by atoms with Gasteiger partial charge in [0.05, 0.1) is 11.1 Å². The number of carboxylic acid groups (broad SMARTS) is 1. The van der Waals surface area contributed by atoms with E-state index in [2.05, 4.69) is 10.3 Å². The third kappa shape index (κ3) is 4.14. The number of ketones is 3. The first-order valence-corrected chi connectivity index (χ1v) is 11.1. The van der Waals surface area contributed by atoms with Crippen molar-refractivity contribution in [1.29, 1.82) is 0 Å². The number of Topliss-reactive ketones (excluding diaryl/α,β-unsaturated/α-hetero) is 2. The number of hydrogen-bond donors (Lipinski definition) is 6. The minimum Gasteiger partial charge on any atom is -0.507 e. The Bertz CT molecular complexity index is 1290. The van der Waals surface area contributed by atoms with Gasteiger partial charge in [-0.25, -0.2) is 4.79 Å². The SMILES string of the molecule is CC(=O)c1c(O)c(C)c(O)c2c1OC1=CC(=O)/C(=C(/C)N[C@@H](CCCN=C(N)N)C(=O)O)C(=O)[C@@]12C. The number of nitrogens with zero attached hydrogens (tertiary/aromatic N) is 1. The van der Waals surface area contributed by atoms with E-state index in [9.17, 15) is 34.5 Å². The van der Waals surface area contributed by atoms with Gasteiger partial charge in [-0.15, -0.1) is 0 Å². The molecule has 0 unspecified atom stereocenters. The van der Waals surface area contributed by atoms with Gasteiger partial charge >= 0.3 is 5.97 Å². The summed E-state index contributed by atoms with van der Waals surface area (Å²) < 4.78 is 5.70. The van der Waals surface area contributed by atoms with Gasteiger partial charge in [-0.05, 0) is 40.5 Å². The molecule has 2 atom stereocenters. The lowest BCUT2D eigenvalue weighted by atomic mass is 9.70. The highest BCUT2D eigenvalue weighted by Gasteiger charge is 2.56. The molecule has 0 saturated heterocycles. The molecule has 1 aromatic rings. The third-order valence-corrected chi connectivity index (χ3v) is 6.39. The summed E-state index contributed by atoms with van der Waals surface area (Å²) in [6.07, 6.45) is 1.48. The van der Waals surface area contributed by atoms with Crippen LogP contribution in [0, 0.1) is 6.92 Å². The van der Waals surface area contributed by atoms with Gasteiger partial charge in [0.15, 0.2) is 23.3 Å². The van der Waals surface area contributed by atoms with Gasteiger partial charge in [-0.3, -0.25) is 19.4 Å². The molecule has 0 fully saturated rings. The number of aliphatic carboxylic acids is 1. The van der Waals surface area contributed by atoms with Crippen LogP contribution in [0.4, 0.5) is 0 Å². The Labute approximate surface area is 206 Å². The minimum atomic E-state index is -1.69. The Hall–Kier alpha value is -4.35. The maximum Gasteiger partial charge on any atom is 0.326 e. The maximum atomic E-state index is 13.8. The number of fused-ring (bicyclic) bond motifs is 3. The molecule has 12 heteroatoms. The number of nitrogens with one attached hydrogen (secondary N) is 1. The van der Waals surface area contributed by atoms with Gasteiger partial charge in [0, 0.05) is 23.9 Å². The van der Waals surface area contributed by atoms with Crippen LogP contribution >= 0.6 is 0 Å². The minimum absolute atomic E-state index is 0.0194. The molecule has 0 amide bonds. The maximum absolute atomic E-state index is 13.8. The van der Waals surface area contributed by atoms with Crippen LogP contribution in [-0.2, 0) is 19.8 Å². The molecule has 0 saturated carbocycles. The van der Waals surface area contributed by atoms with E-state index in [-0.39, 0.29) is 58.4 Å². The number of hydrogen-bond acceptors (Lipinski definition) is 9. The van der Waals surface area contributed by atoms with Crippen molar-refractivity contribution in [2.24, 2.45) is 16.5 Å². The van der Waals surface area contributed by atoms with Gasteiger partial charge in [-0.2, -0.15) is 0 Å². The molecule has 0 spiro atoms. The summed E-state index contributed by atoms with van der Waals surface area (Å²) in [7, 11) is 0. The number of guanidine groups is 1. The van der Waals surface area contributed by atoms with Crippen molar-refractivity contribution in [3.8, 4) is 17.2 Å². The number of allylic oxidation sites excluding steroid dienone is 4. The summed E-state index contributed by atoms with van der Waals surface area (Å²) in [5, 5.41) is 33.6. The quantitative estimate of drug-likeness (QED) is 0.0728. The molecule has 12 nitrogen and oxygen atoms in total. The largest absolute Gasteiger partial charge is 0.507 e. The summed E-state index contributed by atoms with van der Waals surface area (Å²) in [5.41, 5.74) is 8.25. The number of carbonyl (C=O) groups excluding carboxylic acids is 3. The van der Waals surface area contributed by atoms with Crippen LogP contribution in [0.25, 0.3) is 0 Å². The number of carbonyl (C=O) groups is 4. The molecule has 0 aromatic heterocycles. The Kier molecular flexibility index (Phi) is 6.83. The zero-order valence-electron chi connectivity index (χ0n) is 20.3. The van der Waals surface area contributed by atoms with E-state index < -0.39 is 46.3 Å². The predicted molar refractivity (Wildman–Crippen MR) is 128 cm³/mol. The van der Waals surface area contributed by atoms with Crippen LogP contribution in [0.1, 0.15) is 55.1 Å². The molecule has 1 aliphatic carbocycles. The van der Waals surface area contributed by atoms with Gasteiger partial charge in [0.25, 0.3) is 0 Å². The lowest BCUT2D eigenvalue weighted by Crippen LogP contribution is -2.43. The van der Waals surface area contributed by atoms with Crippen molar-refractivity contribution in [2.45, 2.75) is 52.0 Å². The molecular formula is C24H28N4O8. The normalized spacial score (nSPS) is 20.5. The molecule has 1 aliphatic heterocycles. The summed E-state index contributed by atoms with van der Waals surface area (Å²) in [6.45, 7) is 5.60. The summed E-state index contributed by atoms with van der Waals surface area (Å²) >= 11 is 0. The Morgan fingerprint density at radius 2 is 1.83 bits per heavy atom. The molecular weight excluding hydrogens is 472 g/mol. The smallest absolute Gasteiger partial charge is 0.326 e. The first-order chi connectivity index (χ1) is 16.7. The molecule has 192 valence electrons. The Morgan fingerprint density at radius 1 is 1.19 bits per heavy atom. The number of rotatable bonds is 8. The molecule has 8 N–H and O–H groups in total. The highest BCUT2D eigenvalue weighted by atomic mass is 16.5. The van der Waals surface area contributed by atoms with Crippen LogP contribution in [0.5, 0.6) is 17.2 Å². The summed E-state index contributed by atoms with van der Waals surface area (Å²) in [5.74, 6) is -4.64. The van der Waals surface area contributed by atoms with E-state index in [0.29, 0.717) is 6.42 Å². The van der Waals surface area contributed by atoms with Crippen LogP contribution in [-0.4, -0.2) is 57.2 Å². The molecule has 0 radical (unpaired) electrons. The highest BCUT2D eigenvalue weighted by Crippen LogP contribution is 2.57. The number of phenols is 2. The van der Waals surface area contributed by atoms with Crippen LogP contribution in [0.15, 0.2) is 28.1 Å². The number of benzene rings is 1. The standard InChI is InChI=1S/C24H28N4O8/c1-9-18(31)16(11(3)29)20-17(19(9)32)24(4)14(36-20)8-13(30)15(21(24)33)10(2)28-12(22(34)35)6-5-7-27-23(25)26/h8,12,28,31-32H,5-7H2,1-4H3,(H,34,35)(H4,25,26,27)/b15-10+/t12-,24-/m0/s1. The second-order valence-corrected chi connectivity index (χ2v) is 8.87. The molecule has 36 heavy (non-hydrogen) atoms. The van der Waals surface area contributed by atoms with E-state index in [1.165, 1.54) is 27.7 Å². The van der Waals surface area contributed by atoms with E-state index >= 15 is 0 Å². The molecule has 2 aliphatic rings. The van der Waals surface area contributed by atoms with Crippen molar-refractivity contribution in [1.82, 2.24) is 5.32 Å². The van der Waals surface area contributed by atoms with E-state index in [0.717, 1.165) is 6.08 Å². The molecule has 1 heterocycles. The topological polar surface area (TPSA) is 215 Å². The molecule has 1 aromatic carbocycles. The Balaban J connectivity index is 2.07. The first-order valence-electron chi connectivity index (χ1n) is 11.1. The fraction of sp³-hybridized carbons (Fsp3) is 0.375. The predicted octanol–water partition coefficient (Wildman–Crippen LogP) is 0.665. The fourth-order valence-corrected chi connectivity index (χ4v) is 4.46. The zero-order valence-corrected chi connectivity index (χ0v) is 20.3. The van der Waals surface area contributed by atoms with Crippen LogP contribution in [0.2, 0.25) is 0 Å².